The second kappa shape index (κ2) is 2.43. The van der Waals surface area contributed by atoms with Crippen LogP contribution in [0.3, 0.4) is 0 Å². The summed E-state index contributed by atoms with van der Waals surface area (Å²) in [4.78, 5) is 22.1. The largest absolute Gasteiger partial charge is 0.299 e. The highest BCUT2D eigenvalue weighted by Crippen LogP contribution is 2.34. The molecule has 1 unspecified atom stereocenters. The maximum Gasteiger partial charge on any atom is 0.144 e. The zero-order valence-electron chi connectivity index (χ0n) is 7.31. The Kier molecular flexibility index (Phi) is 1.87. The molecule has 0 saturated heterocycles. The lowest BCUT2D eigenvalue weighted by molar-refractivity contribution is -0.124. The van der Waals surface area contributed by atoms with Crippen molar-refractivity contribution < 1.29 is 9.59 Å². The minimum absolute atomic E-state index is 0.0324. The van der Waals surface area contributed by atoms with Gasteiger partial charge in [0.05, 0.1) is 6.42 Å². The maximum atomic E-state index is 11.2. The molecule has 0 aromatic carbocycles. The van der Waals surface area contributed by atoms with Crippen LogP contribution in [-0.2, 0) is 9.59 Å². The lowest BCUT2D eigenvalue weighted by Gasteiger charge is -2.24. The maximum absolute atomic E-state index is 11.2. The zero-order valence-corrected chi connectivity index (χ0v) is 7.31. The molecule has 62 valence electrons. The molecule has 0 radical (unpaired) electrons. The molecule has 1 fully saturated rings. The van der Waals surface area contributed by atoms with Gasteiger partial charge in [0.25, 0.3) is 0 Å². The summed E-state index contributed by atoms with van der Waals surface area (Å²) in [6.45, 7) is 6.02. The summed E-state index contributed by atoms with van der Waals surface area (Å²) in [5.74, 6) is 0.201. The number of rotatable bonds is 0. The van der Waals surface area contributed by atoms with Crippen LogP contribution in [-0.4, -0.2) is 11.6 Å². The number of carbonyl (C=O) groups is 2. The Hall–Kier alpha value is -0.660. The summed E-state index contributed by atoms with van der Waals surface area (Å²) in [6, 6.07) is 0. The van der Waals surface area contributed by atoms with Crippen molar-refractivity contribution in [3.63, 3.8) is 0 Å². The van der Waals surface area contributed by atoms with Crippen LogP contribution in [0.2, 0.25) is 0 Å². The van der Waals surface area contributed by atoms with Crippen LogP contribution in [0.25, 0.3) is 0 Å². The molecule has 0 amide bonds. The van der Waals surface area contributed by atoms with Gasteiger partial charge < -0.3 is 0 Å². The Bertz CT molecular complexity index is 198. The number of hydrogen-bond donors (Lipinski definition) is 0. The average Bonchev–Trinajstić information content (AvgIpc) is 2.08. The molecular weight excluding hydrogens is 140 g/mol. The van der Waals surface area contributed by atoms with Crippen molar-refractivity contribution in [2.75, 3.05) is 0 Å². The van der Waals surface area contributed by atoms with E-state index in [1.54, 1.807) is 0 Å². The molecule has 1 atom stereocenters. The molecule has 2 nitrogen and oxygen atoms in total. The van der Waals surface area contributed by atoms with Gasteiger partial charge in [0.15, 0.2) is 0 Å². The number of Topliss-reactive ketones (excluding diaryl/α,β-unsaturated/α-hetero) is 2. The molecule has 0 spiro atoms. The third-order valence-electron chi connectivity index (χ3n) is 2.24. The first kappa shape index (κ1) is 8.44. The molecule has 1 aliphatic rings. The molecular formula is C9H14O2. The van der Waals surface area contributed by atoms with Gasteiger partial charge in [-0.2, -0.15) is 0 Å². The smallest absolute Gasteiger partial charge is 0.144 e. The van der Waals surface area contributed by atoms with E-state index in [9.17, 15) is 9.59 Å². The number of carbonyl (C=O) groups excluding carboxylic acids is 2. The summed E-state index contributed by atoms with van der Waals surface area (Å²) in [6.07, 6.45) is 0.629. The molecule has 1 aliphatic carbocycles. The highest BCUT2D eigenvalue weighted by molar-refractivity contribution is 6.07. The molecule has 0 heterocycles. The van der Waals surface area contributed by atoms with Crippen LogP contribution in [0.15, 0.2) is 0 Å². The Labute approximate surface area is 67.0 Å². The van der Waals surface area contributed by atoms with Crippen molar-refractivity contribution in [1.82, 2.24) is 0 Å². The van der Waals surface area contributed by atoms with Crippen LogP contribution in [0.4, 0.5) is 0 Å². The number of ketones is 2. The van der Waals surface area contributed by atoms with E-state index >= 15 is 0 Å². The van der Waals surface area contributed by atoms with Gasteiger partial charge >= 0.3 is 0 Å². The average molecular weight is 154 g/mol. The van der Waals surface area contributed by atoms with Gasteiger partial charge in [-0.3, -0.25) is 9.59 Å². The summed E-state index contributed by atoms with van der Waals surface area (Å²) >= 11 is 0. The van der Waals surface area contributed by atoms with Crippen LogP contribution in [0.1, 0.15) is 33.6 Å². The molecule has 0 N–H and O–H groups in total. The van der Waals surface area contributed by atoms with E-state index in [1.165, 1.54) is 0 Å². The second-order valence-corrected chi connectivity index (χ2v) is 4.30. The van der Waals surface area contributed by atoms with Gasteiger partial charge in [-0.1, -0.05) is 20.8 Å². The molecule has 2 heteroatoms. The molecule has 1 rings (SSSR count). The van der Waals surface area contributed by atoms with Crippen molar-refractivity contribution in [3.05, 3.63) is 0 Å². The van der Waals surface area contributed by atoms with Crippen LogP contribution in [0.5, 0.6) is 0 Å². The lowest BCUT2D eigenvalue weighted by Crippen LogP contribution is -2.23. The summed E-state index contributed by atoms with van der Waals surface area (Å²) in [5, 5.41) is 0. The predicted octanol–water partition coefficient (Wildman–Crippen LogP) is 1.58. The minimum atomic E-state index is -0.0384. The van der Waals surface area contributed by atoms with E-state index in [-0.39, 0.29) is 29.3 Å². The first-order valence-corrected chi connectivity index (χ1v) is 3.95. The van der Waals surface area contributed by atoms with Gasteiger partial charge in [-0.05, 0) is 5.41 Å². The predicted molar refractivity (Wildman–Crippen MR) is 42.2 cm³/mol. The highest BCUT2D eigenvalue weighted by atomic mass is 16.2. The highest BCUT2D eigenvalue weighted by Gasteiger charge is 2.38. The van der Waals surface area contributed by atoms with E-state index < -0.39 is 0 Å². The van der Waals surface area contributed by atoms with Gasteiger partial charge in [-0.15, -0.1) is 0 Å². The summed E-state index contributed by atoms with van der Waals surface area (Å²) < 4.78 is 0. The van der Waals surface area contributed by atoms with Crippen molar-refractivity contribution in [2.45, 2.75) is 33.6 Å². The zero-order chi connectivity index (χ0) is 8.65. The third-order valence-corrected chi connectivity index (χ3v) is 2.24. The molecule has 0 aromatic rings. The minimum Gasteiger partial charge on any atom is -0.299 e. The standard InChI is InChI=1S/C9H14O2/c1-9(2,3)7-4-6(10)5-8(7)11/h7H,4-5H2,1-3H3. The fourth-order valence-corrected chi connectivity index (χ4v) is 1.52. The first-order chi connectivity index (χ1) is 4.91. The quantitative estimate of drug-likeness (QED) is 0.496. The van der Waals surface area contributed by atoms with Crippen LogP contribution >= 0.6 is 0 Å². The lowest BCUT2D eigenvalue weighted by atomic mass is 9.79. The first-order valence-electron chi connectivity index (χ1n) is 3.95. The SMILES string of the molecule is CC(C)(C)C1CC(=O)CC1=O. The molecule has 11 heavy (non-hydrogen) atoms. The van der Waals surface area contributed by atoms with Crippen molar-refractivity contribution >= 4 is 11.6 Å². The van der Waals surface area contributed by atoms with E-state index in [4.69, 9.17) is 0 Å². The Morgan fingerprint density at radius 3 is 2.00 bits per heavy atom. The van der Waals surface area contributed by atoms with Gasteiger partial charge in [0.1, 0.15) is 11.6 Å². The Balaban J connectivity index is 2.76. The van der Waals surface area contributed by atoms with Crippen molar-refractivity contribution in [3.8, 4) is 0 Å². The Morgan fingerprint density at radius 1 is 1.27 bits per heavy atom. The van der Waals surface area contributed by atoms with Crippen LogP contribution in [0, 0.1) is 11.3 Å². The number of hydrogen-bond acceptors (Lipinski definition) is 2. The fourth-order valence-electron chi connectivity index (χ4n) is 1.52. The van der Waals surface area contributed by atoms with Gasteiger partial charge in [0, 0.05) is 12.3 Å². The van der Waals surface area contributed by atoms with E-state index in [0.29, 0.717) is 6.42 Å². The van der Waals surface area contributed by atoms with Crippen molar-refractivity contribution in [2.24, 2.45) is 11.3 Å². The van der Waals surface area contributed by atoms with E-state index in [2.05, 4.69) is 0 Å². The van der Waals surface area contributed by atoms with E-state index in [1.807, 2.05) is 20.8 Å². The van der Waals surface area contributed by atoms with Crippen LogP contribution < -0.4 is 0 Å². The van der Waals surface area contributed by atoms with Gasteiger partial charge in [0.2, 0.25) is 0 Å². The fraction of sp³-hybridized carbons (Fsp3) is 0.778. The second-order valence-electron chi connectivity index (χ2n) is 4.30. The molecule has 0 aliphatic heterocycles. The molecule has 0 aromatic heterocycles. The molecule has 1 saturated carbocycles. The van der Waals surface area contributed by atoms with Gasteiger partial charge in [-0.25, -0.2) is 0 Å². The summed E-state index contributed by atoms with van der Waals surface area (Å²) in [7, 11) is 0. The Morgan fingerprint density at radius 2 is 1.82 bits per heavy atom. The third kappa shape index (κ3) is 1.67. The normalized spacial score (nSPS) is 26.3. The monoisotopic (exact) mass is 154 g/mol. The molecule has 0 bridgehead atoms. The van der Waals surface area contributed by atoms with E-state index in [0.717, 1.165) is 0 Å². The summed E-state index contributed by atoms with van der Waals surface area (Å²) in [5.41, 5.74) is -0.0384. The van der Waals surface area contributed by atoms with Crippen molar-refractivity contribution in [1.29, 1.82) is 0 Å². The topological polar surface area (TPSA) is 34.1 Å².